The number of ether oxygens (including phenoxy) is 1. The molecule has 0 aromatic carbocycles. The number of carbonyl (C=O) groups excluding carboxylic acids is 1. The number of hydrogen-bond donors (Lipinski definition) is 2. The topological polar surface area (TPSA) is 77.5 Å². The monoisotopic (exact) mass is 158 g/mol. The zero-order valence-corrected chi connectivity index (χ0v) is 6.11. The Labute approximate surface area is 64.1 Å². The van der Waals surface area contributed by atoms with Crippen molar-refractivity contribution in [1.82, 2.24) is 5.43 Å². The minimum atomic E-state index is -0.630. The van der Waals surface area contributed by atoms with Gasteiger partial charge in [0.15, 0.2) is 0 Å². The summed E-state index contributed by atoms with van der Waals surface area (Å²) in [6, 6.07) is 3.67. The quantitative estimate of drug-likeness (QED) is 0.327. The second-order valence-electron chi connectivity index (χ2n) is 1.43. The number of hydrogen-bond acceptors (Lipinski definition) is 4. The summed E-state index contributed by atoms with van der Waals surface area (Å²) >= 11 is 0. The Morgan fingerprint density at radius 2 is 2.09 bits per heavy atom. The molecule has 0 aliphatic rings. The van der Waals surface area contributed by atoms with E-state index in [9.17, 15) is 4.79 Å². The van der Waals surface area contributed by atoms with Crippen molar-refractivity contribution in [2.75, 3.05) is 7.11 Å². The molecular formula is C6H10N2O3. The van der Waals surface area contributed by atoms with Crippen LogP contribution in [-0.2, 0) is 4.74 Å². The van der Waals surface area contributed by atoms with Crippen LogP contribution in [0, 0.1) is 0 Å². The average Bonchev–Trinajstić information content (AvgIpc) is 2.60. The number of nitrogens with one attached hydrogen (secondary N) is 1. The van der Waals surface area contributed by atoms with E-state index in [0.29, 0.717) is 0 Å². The van der Waals surface area contributed by atoms with Crippen molar-refractivity contribution in [2.45, 2.75) is 0 Å². The van der Waals surface area contributed by atoms with E-state index >= 15 is 0 Å². The molecule has 0 aliphatic heterocycles. The number of hydrazine groups is 1. The maximum Gasteiger partial charge on any atom is 0.421 e. The Kier molecular flexibility index (Phi) is 5.73. The van der Waals surface area contributed by atoms with Crippen LogP contribution in [0.1, 0.15) is 0 Å². The third-order valence-corrected chi connectivity index (χ3v) is 0.729. The summed E-state index contributed by atoms with van der Waals surface area (Å²) in [7, 11) is 1.24. The molecule has 11 heavy (non-hydrogen) atoms. The maximum absolute atomic E-state index is 9.72. The first-order valence-corrected chi connectivity index (χ1v) is 2.83. The van der Waals surface area contributed by atoms with Crippen LogP contribution in [-0.4, -0.2) is 13.2 Å². The molecule has 1 aromatic heterocycles. The van der Waals surface area contributed by atoms with Crippen LogP contribution >= 0.6 is 0 Å². The van der Waals surface area contributed by atoms with Crippen LogP contribution in [0.3, 0.4) is 0 Å². The van der Waals surface area contributed by atoms with E-state index in [2.05, 4.69) is 15.0 Å². The summed E-state index contributed by atoms with van der Waals surface area (Å²) in [5, 5.41) is 0. The highest BCUT2D eigenvalue weighted by atomic mass is 16.5. The lowest BCUT2D eigenvalue weighted by Crippen LogP contribution is -2.29. The van der Waals surface area contributed by atoms with Crippen molar-refractivity contribution in [3.8, 4) is 0 Å². The number of rotatable bonds is 0. The Balaban J connectivity index is 0.000000183. The van der Waals surface area contributed by atoms with Gasteiger partial charge in [0.1, 0.15) is 0 Å². The lowest BCUT2D eigenvalue weighted by molar-refractivity contribution is 0.171. The molecule has 0 saturated carbocycles. The normalized spacial score (nSPS) is 7.45. The zero-order chi connectivity index (χ0) is 8.53. The molecule has 62 valence electrons. The minimum absolute atomic E-state index is 0.630. The molecule has 1 aromatic rings. The molecule has 0 spiro atoms. The third-order valence-electron chi connectivity index (χ3n) is 0.729. The Morgan fingerprint density at radius 3 is 2.18 bits per heavy atom. The van der Waals surface area contributed by atoms with Gasteiger partial charge in [0.05, 0.1) is 19.6 Å². The first-order valence-electron chi connectivity index (χ1n) is 2.83. The van der Waals surface area contributed by atoms with Gasteiger partial charge in [-0.2, -0.15) is 0 Å². The molecule has 0 fully saturated rings. The van der Waals surface area contributed by atoms with Gasteiger partial charge in [-0.05, 0) is 12.1 Å². The average molecular weight is 158 g/mol. The van der Waals surface area contributed by atoms with Crippen molar-refractivity contribution in [2.24, 2.45) is 5.84 Å². The van der Waals surface area contributed by atoms with Gasteiger partial charge in [0, 0.05) is 0 Å². The van der Waals surface area contributed by atoms with E-state index in [1.165, 1.54) is 7.11 Å². The van der Waals surface area contributed by atoms with Gasteiger partial charge >= 0.3 is 6.09 Å². The molecule has 0 saturated heterocycles. The molecule has 5 nitrogen and oxygen atoms in total. The predicted molar refractivity (Wildman–Crippen MR) is 38.4 cm³/mol. The van der Waals surface area contributed by atoms with Crippen LogP contribution < -0.4 is 11.3 Å². The second-order valence-corrected chi connectivity index (χ2v) is 1.43. The fourth-order valence-electron chi connectivity index (χ4n) is 0.286. The standard InChI is InChI=1S/C4H4O.C2H6N2O2/c1-2-4-5-3-1;1-6-2(5)4-3/h1-4H;3H2,1H3,(H,4,5). The Bertz CT molecular complexity index is 151. The largest absolute Gasteiger partial charge is 0.473 e. The van der Waals surface area contributed by atoms with E-state index in [-0.39, 0.29) is 0 Å². The summed E-state index contributed by atoms with van der Waals surface area (Å²) in [5.41, 5.74) is 1.75. The van der Waals surface area contributed by atoms with Gasteiger partial charge in [-0.25, -0.2) is 10.6 Å². The molecule has 1 rings (SSSR count). The maximum atomic E-state index is 9.72. The van der Waals surface area contributed by atoms with E-state index in [0.717, 1.165) is 0 Å². The highest BCUT2D eigenvalue weighted by Crippen LogP contribution is 1.79. The smallest absolute Gasteiger partial charge is 0.421 e. The fourth-order valence-corrected chi connectivity index (χ4v) is 0.286. The second kappa shape index (κ2) is 6.63. The van der Waals surface area contributed by atoms with Crippen LogP contribution in [0.4, 0.5) is 4.79 Å². The summed E-state index contributed by atoms with van der Waals surface area (Å²) in [6.45, 7) is 0. The number of nitrogens with two attached hydrogens (primary N) is 1. The molecular weight excluding hydrogens is 148 g/mol. The molecule has 0 aliphatic carbocycles. The van der Waals surface area contributed by atoms with Crippen molar-refractivity contribution in [3.05, 3.63) is 24.7 Å². The van der Waals surface area contributed by atoms with Crippen molar-refractivity contribution in [1.29, 1.82) is 0 Å². The summed E-state index contributed by atoms with van der Waals surface area (Å²) in [6.07, 6.45) is 2.62. The number of amides is 1. The van der Waals surface area contributed by atoms with Gasteiger partial charge in [-0.1, -0.05) is 0 Å². The van der Waals surface area contributed by atoms with Gasteiger partial charge in [-0.15, -0.1) is 0 Å². The van der Waals surface area contributed by atoms with E-state index in [1.54, 1.807) is 18.0 Å². The van der Waals surface area contributed by atoms with Gasteiger partial charge in [-0.3, -0.25) is 5.43 Å². The molecule has 0 atom stereocenters. The summed E-state index contributed by atoms with van der Waals surface area (Å²) in [5.74, 6) is 4.56. The Hall–Kier alpha value is -1.49. The van der Waals surface area contributed by atoms with E-state index < -0.39 is 6.09 Å². The lowest BCUT2D eigenvalue weighted by Gasteiger charge is -1.90. The number of furan rings is 1. The lowest BCUT2D eigenvalue weighted by atomic mass is 10.7. The molecule has 1 heterocycles. The Morgan fingerprint density at radius 1 is 1.55 bits per heavy atom. The van der Waals surface area contributed by atoms with Crippen LogP contribution in [0.25, 0.3) is 0 Å². The van der Waals surface area contributed by atoms with Crippen LogP contribution in [0.2, 0.25) is 0 Å². The van der Waals surface area contributed by atoms with Crippen LogP contribution in [0.15, 0.2) is 29.1 Å². The van der Waals surface area contributed by atoms with E-state index in [4.69, 9.17) is 0 Å². The van der Waals surface area contributed by atoms with Crippen molar-refractivity contribution < 1.29 is 13.9 Å². The summed E-state index contributed by atoms with van der Waals surface area (Å²) in [4.78, 5) is 9.72. The minimum Gasteiger partial charge on any atom is -0.473 e. The molecule has 5 heteroatoms. The molecule has 1 amide bonds. The van der Waals surface area contributed by atoms with Gasteiger partial charge in [0.2, 0.25) is 0 Å². The predicted octanol–water partition coefficient (Wildman–Crippen LogP) is 0.496. The molecule has 0 bridgehead atoms. The van der Waals surface area contributed by atoms with E-state index in [1.807, 2.05) is 12.1 Å². The van der Waals surface area contributed by atoms with Crippen LogP contribution in [0.5, 0.6) is 0 Å². The first-order chi connectivity index (χ1) is 5.31. The zero-order valence-electron chi connectivity index (χ0n) is 6.11. The molecule has 0 radical (unpaired) electrons. The highest BCUT2D eigenvalue weighted by Gasteiger charge is 1.85. The van der Waals surface area contributed by atoms with Gasteiger partial charge in [0.25, 0.3) is 0 Å². The van der Waals surface area contributed by atoms with Crippen molar-refractivity contribution >= 4 is 6.09 Å². The SMILES string of the molecule is COC(=O)NN.c1ccoc1. The third kappa shape index (κ3) is 6.39. The first kappa shape index (κ1) is 9.51. The fraction of sp³-hybridized carbons (Fsp3) is 0.167. The summed E-state index contributed by atoms with van der Waals surface area (Å²) < 4.78 is 8.61. The number of methoxy groups -OCH3 is 1. The van der Waals surface area contributed by atoms with Crippen molar-refractivity contribution in [3.63, 3.8) is 0 Å². The molecule has 0 unspecified atom stereocenters. The molecule has 3 N–H and O–H groups in total. The van der Waals surface area contributed by atoms with Gasteiger partial charge < -0.3 is 9.15 Å². The highest BCUT2D eigenvalue weighted by molar-refractivity contribution is 5.65. The number of carbonyl (C=O) groups is 1.